The normalized spacial score (nSPS) is 12.2. The highest BCUT2D eigenvalue weighted by atomic mass is 16.4. The SMILES string of the molecule is CCCCNc1ncc(CNC(Cc2c[nH]c3ccccc23)C(=O)O)cn1. The Morgan fingerprint density at radius 1 is 1.26 bits per heavy atom. The van der Waals surface area contributed by atoms with Gasteiger partial charge < -0.3 is 15.4 Å². The first-order valence-electron chi connectivity index (χ1n) is 9.23. The van der Waals surface area contributed by atoms with Crippen LogP contribution >= 0.6 is 0 Å². The number of carboxylic acid groups (broad SMARTS) is 1. The number of aromatic amines is 1. The van der Waals surface area contributed by atoms with Crippen LogP contribution in [0.25, 0.3) is 10.9 Å². The van der Waals surface area contributed by atoms with Crippen LogP contribution in [-0.4, -0.2) is 38.6 Å². The van der Waals surface area contributed by atoms with E-state index in [1.807, 2.05) is 30.5 Å². The molecule has 2 heterocycles. The van der Waals surface area contributed by atoms with E-state index in [-0.39, 0.29) is 0 Å². The molecule has 3 aromatic rings. The molecular formula is C20H25N5O2. The molecule has 3 rings (SSSR count). The number of nitrogens with zero attached hydrogens (tertiary/aromatic N) is 2. The van der Waals surface area contributed by atoms with Gasteiger partial charge in [0, 0.05) is 54.6 Å². The van der Waals surface area contributed by atoms with Gasteiger partial charge in [-0.05, 0) is 18.1 Å². The van der Waals surface area contributed by atoms with Gasteiger partial charge in [-0.25, -0.2) is 9.97 Å². The van der Waals surface area contributed by atoms with Crippen LogP contribution in [0.2, 0.25) is 0 Å². The van der Waals surface area contributed by atoms with Gasteiger partial charge in [-0.15, -0.1) is 0 Å². The number of hydrogen-bond acceptors (Lipinski definition) is 5. The van der Waals surface area contributed by atoms with Gasteiger partial charge in [-0.1, -0.05) is 31.5 Å². The first kappa shape index (κ1) is 18.8. The standard InChI is InChI=1S/C20H25N5O2/c1-2-3-8-21-20-24-11-14(12-25-20)10-22-18(19(26)27)9-15-13-23-17-7-5-4-6-16(15)17/h4-7,11-13,18,22-23H,2-3,8-10H2,1H3,(H,26,27)(H,21,24,25). The molecule has 1 aromatic carbocycles. The van der Waals surface area contributed by atoms with E-state index in [4.69, 9.17) is 0 Å². The van der Waals surface area contributed by atoms with E-state index < -0.39 is 12.0 Å². The molecule has 0 bridgehead atoms. The third-order valence-electron chi connectivity index (χ3n) is 4.47. The molecule has 1 unspecified atom stereocenters. The lowest BCUT2D eigenvalue weighted by Crippen LogP contribution is -2.38. The minimum absolute atomic E-state index is 0.397. The Kier molecular flexibility index (Phi) is 6.38. The van der Waals surface area contributed by atoms with E-state index in [0.717, 1.165) is 41.4 Å². The van der Waals surface area contributed by atoms with Crippen LogP contribution in [-0.2, 0) is 17.8 Å². The number of aliphatic carboxylic acids is 1. The van der Waals surface area contributed by atoms with Crippen molar-refractivity contribution in [3.63, 3.8) is 0 Å². The molecule has 142 valence electrons. The lowest BCUT2D eigenvalue weighted by molar-refractivity contribution is -0.139. The van der Waals surface area contributed by atoms with Gasteiger partial charge in [0.05, 0.1) is 0 Å². The van der Waals surface area contributed by atoms with E-state index >= 15 is 0 Å². The average Bonchev–Trinajstić information content (AvgIpc) is 3.09. The summed E-state index contributed by atoms with van der Waals surface area (Å²) in [5.74, 6) is -0.278. The van der Waals surface area contributed by atoms with Crippen LogP contribution in [0.15, 0.2) is 42.9 Å². The predicted molar refractivity (Wildman–Crippen MR) is 106 cm³/mol. The van der Waals surface area contributed by atoms with Gasteiger partial charge in [0.1, 0.15) is 6.04 Å². The van der Waals surface area contributed by atoms with Crippen molar-refractivity contribution in [2.75, 3.05) is 11.9 Å². The zero-order valence-electron chi connectivity index (χ0n) is 15.4. The van der Waals surface area contributed by atoms with Crippen molar-refractivity contribution in [1.82, 2.24) is 20.3 Å². The molecule has 0 spiro atoms. The van der Waals surface area contributed by atoms with Crippen LogP contribution in [0, 0.1) is 0 Å². The largest absolute Gasteiger partial charge is 0.480 e. The third kappa shape index (κ3) is 5.04. The van der Waals surface area contributed by atoms with E-state index in [1.165, 1.54) is 0 Å². The molecule has 0 fully saturated rings. The fourth-order valence-electron chi connectivity index (χ4n) is 2.92. The summed E-state index contributed by atoms with van der Waals surface area (Å²) in [6, 6.07) is 7.20. The number of H-pyrrole nitrogens is 1. The molecule has 1 atom stereocenters. The number of fused-ring (bicyclic) bond motifs is 1. The average molecular weight is 367 g/mol. The third-order valence-corrected chi connectivity index (χ3v) is 4.47. The van der Waals surface area contributed by atoms with E-state index in [9.17, 15) is 9.90 Å². The van der Waals surface area contributed by atoms with Crippen molar-refractivity contribution < 1.29 is 9.90 Å². The molecule has 0 aliphatic rings. The van der Waals surface area contributed by atoms with Crippen molar-refractivity contribution in [2.45, 2.75) is 38.8 Å². The summed E-state index contributed by atoms with van der Waals surface area (Å²) in [6.07, 6.45) is 7.90. The monoisotopic (exact) mass is 367 g/mol. The number of carboxylic acids is 1. The number of para-hydroxylation sites is 1. The van der Waals surface area contributed by atoms with Gasteiger partial charge in [-0.3, -0.25) is 10.1 Å². The molecule has 0 aliphatic heterocycles. The van der Waals surface area contributed by atoms with Gasteiger partial charge >= 0.3 is 5.97 Å². The van der Waals surface area contributed by atoms with Crippen molar-refractivity contribution >= 4 is 22.8 Å². The van der Waals surface area contributed by atoms with Crippen molar-refractivity contribution in [1.29, 1.82) is 0 Å². The second-order valence-electron chi connectivity index (χ2n) is 6.53. The maximum atomic E-state index is 11.7. The maximum absolute atomic E-state index is 11.7. The number of rotatable bonds is 10. The second kappa shape index (κ2) is 9.14. The van der Waals surface area contributed by atoms with E-state index in [1.54, 1.807) is 12.4 Å². The summed E-state index contributed by atoms with van der Waals surface area (Å²) < 4.78 is 0. The quantitative estimate of drug-likeness (QED) is 0.411. The Morgan fingerprint density at radius 3 is 2.78 bits per heavy atom. The molecule has 0 saturated heterocycles. The number of benzene rings is 1. The fraction of sp³-hybridized carbons (Fsp3) is 0.350. The Labute approximate surface area is 158 Å². The lowest BCUT2D eigenvalue weighted by atomic mass is 10.0. The molecule has 0 amide bonds. The summed E-state index contributed by atoms with van der Waals surface area (Å²) in [5, 5.41) is 16.9. The highest BCUT2D eigenvalue weighted by Crippen LogP contribution is 2.19. The zero-order valence-corrected chi connectivity index (χ0v) is 15.4. The van der Waals surface area contributed by atoms with Crippen molar-refractivity contribution in [3.05, 3.63) is 54.0 Å². The highest BCUT2D eigenvalue weighted by Gasteiger charge is 2.19. The number of aromatic nitrogens is 3. The Hall–Kier alpha value is -2.93. The van der Waals surface area contributed by atoms with Crippen LogP contribution in [0.1, 0.15) is 30.9 Å². The Bertz CT molecular complexity index is 875. The minimum Gasteiger partial charge on any atom is -0.480 e. The molecule has 4 N–H and O–H groups in total. The first-order valence-corrected chi connectivity index (χ1v) is 9.23. The predicted octanol–water partition coefficient (Wildman–Crippen LogP) is 2.96. The van der Waals surface area contributed by atoms with Gasteiger partial charge in [0.2, 0.25) is 5.95 Å². The molecule has 0 aliphatic carbocycles. The molecule has 27 heavy (non-hydrogen) atoms. The number of unbranched alkanes of at least 4 members (excludes halogenated alkanes) is 1. The summed E-state index contributed by atoms with van der Waals surface area (Å²) >= 11 is 0. The molecule has 2 aromatic heterocycles. The van der Waals surface area contributed by atoms with E-state index in [2.05, 4.69) is 32.5 Å². The van der Waals surface area contributed by atoms with E-state index in [0.29, 0.717) is 18.9 Å². The summed E-state index contributed by atoms with van der Waals surface area (Å²) in [5.41, 5.74) is 2.84. The number of anilines is 1. The smallest absolute Gasteiger partial charge is 0.321 e. The summed E-state index contributed by atoms with van der Waals surface area (Å²) in [7, 11) is 0. The van der Waals surface area contributed by atoms with Gasteiger partial charge in [0.15, 0.2) is 0 Å². The summed E-state index contributed by atoms with van der Waals surface area (Å²) in [4.78, 5) is 23.4. The Morgan fingerprint density at radius 2 is 2.04 bits per heavy atom. The molecule has 7 heteroatoms. The van der Waals surface area contributed by atoms with Crippen LogP contribution < -0.4 is 10.6 Å². The summed E-state index contributed by atoms with van der Waals surface area (Å²) in [6.45, 7) is 3.38. The van der Waals surface area contributed by atoms with Crippen LogP contribution in [0.3, 0.4) is 0 Å². The molecule has 0 saturated carbocycles. The number of nitrogens with one attached hydrogen (secondary N) is 3. The van der Waals surface area contributed by atoms with Crippen molar-refractivity contribution in [3.8, 4) is 0 Å². The van der Waals surface area contributed by atoms with Crippen molar-refractivity contribution in [2.24, 2.45) is 0 Å². The van der Waals surface area contributed by atoms with Gasteiger partial charge in [-0.2, -0.15) is 0 Å². The first-order chi connectivity index (χ1) is 13.2. The second-order valence-corrected chi connectivity index (χ2v) is 6.53. The zero-order chi connectivity index (χ0) is 19.1. The van der Waals surface area contributed by atoms with Crippen LogP contribution in [0.5, 0.6) is 0 Å². The lowest BCUT2D eigenvalue weighted by Gasteiger charge is -2.14. The number of hydrogen-bond donors (Lipinski definition) is 4. The fourth-order valence-corrected chi connectivity index (χ4v) is 2.92. The highest BCUT2D eigenvalue weighted by molar-refractivity contribution is 5.84. The van der Waals surface area contributed by atoms with Crippen LogP contribution in [0.4, 0.5) is 5.95 Å². The Balaban J connectivity index is 1.59. The molecule has 7 nitrogen and oxygen atoms in total. The van der Waals surface area contributed by atoms with Gasteiger partial charge in [0.25, 0.3) is 0 Å². The molecular weight excluding hydrogens is 342 g/mol. The topological polar surface area (TPSA) is 103 Å². The maximum Gasteiger partial charge on any atom is 0.321 e. The minimum atomic E-state index is -0.876. The molecule has 0 radical (unpaired) electrons. The number of carbonyl (C=O) groups is 1.